The lowest BCUT2D eigenvalue weighted by atomic mass is 10.1. The molecule has 0 spiro atoms. The first-order chi connectivity index (χ1) is 10.5. The van der Waals surface area contributed by atoms with Crippen molar-refractivity contribution in [3.63, 3.8) is 0 Å². The molecule has 0 aliphatic rings. The highest BCUT2D eigenvalue weighted by Crippen LogP contribution is 2.10. The van der Waals surface area contributed by atoms with E-state index in [4.69, 9.17) is 0 Å². The monoisotopic (exact) mass is 318 g/mol. The molecule has 1 N–H and O–H groups in total. The van der Waals surface area contributed by atoms with Gasteiger partial charge in [0.05, 0.1) is 6.54 Å². The van der Waals surface area contributed by atoms with Crippen LogP contribution in [0.1, 0.15) is 18.3 Å². The highest BCUT2D eigenvalue weighted by Gasteiger charge is 2.14. The Morgan fingerprint density at radius 2 is 2.00 bits per heavy atom. The Balaban J connectivity index is 1.88. The van der Waals surface area contributed by atoms with Crippen molar-refractivity contribution in [2.24, 2.45) is 0 Å². The lowest BCUT2D eigenvalue weighted by Crippen LogP contribution is -2.37. The molecule has 0 saturated carbocycles. The van der Waals surface area contributed by atoms with Crippen LogP contribution in [0, 0.1) is 6.92 Å². The Labute approximate surface area is 133 Å². The summed E-state index contributed by atoms with van der Waals surface area (Å²) in [5, 5.41) is 3.11. The van der Waals surface area contributed by atoms with Crippen LogP contribution in [0.3, 0.4) is 0 Å². The third-order valence-corrected chi connectivity index (χ3v) is 3.79. The molecule has 1 aromatic heterocycles. The zero-order chi connectivity index (χ0) is 15.9. The number of hydrogen-bond donors (Lipinski definition) is 1. The predicted molar refractivity (Wildman–Crippen MR) is 85.7 cm³/mol. The zero-order valence-corrected chi connectivity index (χ0v) is 13.4. The smallest absolute Gasteiger partial charge is 0.245 e. The molecule has 0 atom stereocenters. The molecule has 2 rings (SSSR count). The third-order valence-electron chi connectivity index (χ3n) is 3.07. The number of amides is 2. The molecule has 6 nitrogen and oxygen atoms in total. The van der Waals surface area contributed by atoms with Crippen molar-refractivity contribution in [3.05, 3.63) is 41.7 Å². The fourth-order valence-corrected chi connectivity index (χ4v) is 2.53. The molecule has 22 heavy (non-hydrogen) atoms. The second-order valence-corrected chi connectivity index (χ2v) is 5.62. The number of aryl methyl sites for hydroxylation is 1. The summed E-state index contributed by atoms with van der Waals surface area (Å²) in [6, 6.07) is 9.87. The number of carbonyl (C=O) groups is 2. The summed E-state index contributed by atoms with van der Waals surface area (Å²) < 4.78 is 4.00. The van der Waals surface area contributed by atoms with E-state index in [9.17, 15) is 9.59 Å². The van der Waals surface area contributed by atoms with Gasteiger partial charge in [-0.3, -0.25) is 14.9 Å². The zero-order valence-electron chi connectivity index (χ0n) is 12.6. The number of anilines is 1. The van der Waals surface area contributed by atoms with Gasteiger partial charge in [-0.25, -0.2) is 4.98 Å². The molecule has 116 valence electrons. The summed E-state index contributed by atoms with van der Waals surface area (Å²) in [6.45, 7) is 3.74. The highest BCUT2D eigenvalue weighted by atomic mass is 32.1. The fourth-order valence-electron chi connectivity index (χ4n) is 1.94. The quantitative estimate of drug-likeness (QED) is 0.882. The molecule has 2 aromatic rings. The Kier molecular flexibility index (Phi) is 5.60. The van der Waals surface area contributed by atoms with Gasteiger partial charge in [-0.05, 0) is 18.9 Å². The second kappa shape index (κ2) is 7.65. The van der Waals surface area contributed by atoms with Gasteiger partial charge in [-0.1, -0.05) is 30.3 Å². The predicted octanol–water partition coefficient (Wildman–Crippen LogP) is 1.88. The maximum atomic E-state index is 12.0. The van der Waals surface area contributed by atoms with E-state index >= 15 is 0 Å². The maximum Gasteiger partial charge on any atom is 0.245 e. The normalized spacial score (nSPS) is 10.3. The van der Waals surface area contributed by atoms with Crippen LogP contribution in [0.5, 0.6) is 0 Å². The Morgan fingerprint density at radius 1 is 1.27 bits per heavy atom. The molecule has 0 saturated heterocycles. The highest BCUT2D eigenvalue weighted by molar-refractivity contribution is 7.09. The average Bonchev–Trinajstić information content (AvgIpc) is 2.89. The van der Waals surface area contributed by atoms with Gasteiger partial charge in [0.2, 0.25) is 16.9 Å². The fraction of sp³-hybridized carbons (Fsp3) is 0.333. The van der Waals surface area contributed by atoms with Crippen LogP contribution in [-0.4, -0.2) is 39.2 Å². The average molecular weight is 318 g/mol. The number of benzene rings is 1. The van der Waals surface area contributed by atoms with Crippen LogP contribution >= 0.6 is 11.5 Å². The van der Waals surface area contributed by atoms with Crippen molar-refractivity contribution < 1.29 is 9.59 Å². The molecule has 0 aliphatic carbocycles. The van der Waals surface area contributed by atoms with Gasteiger partial charge in [0.25, 0.3) is 0 Å². The van der Waals surface area contributed by atoms with Crippen LogP contribution in [0.25, 0.3) is 0 Å². The third kappa shape index (κ3) is 4.92. The Morgan fingerprint density at radius 3 is 2.59 bits per heavy atom. The Hall–Kier alpha value is -2.28. The first-order valence-electron chi connectivity index (χ1n) is 6.94. The number of nitrogens with zero attached hydrogens (tertiary/aromatic N) is 3. The van der Waals surface area contributed by atoms with E-state index in [1.54, 1.807) is 6.92 Å². The van der Waals surface area contributed by atoms with Crippen molar-refractivity contribution >= 4 is 28.5 Å². The number of aromatic nitrogens is 2. The molecule has 1 aromatic carbocycles. The topological polar surface area (TPSA) is 75.2 Å². The molecule has 0 radical (unpaired) electrons. The molecule has 7 heteroatoms. The van der Waals surface area contributed by atoms with Gasteiger partial charge >= 0.3 is 0 Å². The van der Waals surface area contributed by atoms with E-state index in [1.165, 1.54) is 11.8 Å². The van der Waals surface area contributed by atoms with E-state index in [0.717, 1.165) is 17.1 Å². The molecule has 0 unspecified atom stereocenters. The Bertz CT molecular complexity index is 642. The van der Waals surface area contributed by atoms with Crippen LogP contribution in [-0.2, 0) is 16.0 Å². The summed E-state index contributed by atoms with van der Waals surface area (Å²) in [5.74, 6) is 0.228. The van der Waals surface area contributed by atoms with E-state index in [2.05, 4.69) is 14.7 Å². The van der Waals surface area contributed by atoms with Gasteiger partial charge in [-0.15, -0.1) is 0 Å². The molecule has 0 aliphatic heterocycles. The summed E-state index contributed by atoms with van der Waals surface area (Å²) in [6.07, 6.45) is 0.714. The van der Waals surface area contributed by atoms with E-state index in [1.807, 2.05) is 30.3 Å². The summed E-state index contributed by atoms with van der Waals surface area (Å²) in [7, 11) is 0. The second-order valence-electron chi connectivity index (χ2n) is 4.87. The maximum absolute atomic E-state index is 12.0. The summed E-state index contributed by atoms with van der Waals surface area (Å²) in [5.41, 5.74) is 1.13. The summed E-state index contributed by atoms with van der Waals surface area (Å²) in [4.78, 5) is 29.3. The van der Waals surface area contributed by atoms with E-state index in [0.29, 0.717) is 23.9 Å². The lowest BCUT2D eigenvalue weighted by Gasteiger charge is -2.20. The van der Waals surface area contributed by atoms with Gasteiger partial charge in [0.15, 0.2) is 0 Å². The minimum atomic E-state index is -0.264. The van der Waals surface area contributed by atoms with Crippen molar-refractivity contribution in [2.75, 3.05) is 18.4 Å². The van der Waals surface area contributed by atoms with Gasteiger partial charge < -0.3 is 4.90 Å². The van der Waals surface area contributed by atoms with Crippen LogP contribution in [0.2, 0.25) is 0 Å². The number of hydrogen-bond acceptors (Lipinski definition) is 5. The van der Waals surface area contributed by atoms with Gasteiger partial charge in [0, 0.05) is 25.0 Å². The standard InChI is InChI=1S/C15H18N4O2S/c1-11-16-15(22-18-11)17-14(21)10-19(12(2)20)9-8-13-6-4-3-5-7-13/h3-7H,8-10H2,1-2H3,(H,16,17,18,21). The van der Waals surface area contributed by atoms with Crippen LogP contribution < -0.4 is 5.32 Å². The van der Waals surface area contributed by atoms with Crippen molar-refractivity contribution in [2.45, 2.75) is 20.3 Å². The number of carbonyl (C=O) groups excluding carboxylic acids is 2. The largest absolute Gasteiger partial charge is 0.333 e. The van der Waals surface area contributed by atoms with Crippen LogP contribution in [0.15, 0.2) is 30.3 Å². The van der Waals surface area contributed by atoms with Crippen molar-refractivity contribution in [1.29, 1.82) is 0 Å². The summed E-state index contributed by atoms with van der Waals surface area (Å²) >= 11 is 1.13. The minimum absolute atomic E-state index is 0.0147. The number of rotatable bonds is 6. The first-order valence-corrected chi connectivity index (χ1v) is 7.71. The lowest BCUT2D eigenvalue weighted by molar-refractivity contribution is -0.132. The first kappa shape index (κ1) is 16.1. The van der Waals surface area contributed by atoms with E-state index < -0.39 is 0 Å². The molecule has 0 fully saturated rings. The van der Waals surface area contributed by atoms with Crippen molar-refractivity contribution in [1.82, 2.24) is 14.3 Å². The van der Waals surface area contributed by atoms with Gasteiger partial charge in [-0.2, -0.15) is 4.37 Å². The SMILES string of the molecule is CC(=O)N(CCc1ccccc1)CC(=O)Nc1nc(C)ns1. The minimum Gasteiger partial charge on any atom is -0.333 e. The molecular formula is C15H18N4O2S. The molecule has 0 bridgehead atoms. The van der Waals surface area contributed by atoms with E-state index in [-0.39, 0.29) is 18.4 Å². The van der Waals surface area contributed by atoms with Gasteiger partial charge in [0.1, 0.15) is 5.82 Å². The van der Waals surface area contributed by atoms with Crippen LogP contribution in [0.4, 0.5) is 5.13 Å². The molecule has 1 heterocycles. The molecular weight excluding hydrogens is 300 g/mol. The molecule has 2 amide bonds. The van der Waals surface area contributed by atoms with Crippen molar-refractivity contribution in [3.8, 4) is 0 Å². The number of nitrogens with one attached hydrogen (secondary N) is 1.